The normalized spacial score (nSPS) is 19.6. The van der Waals surface area contributed by atoms with E-state index in [1.807, 2.05) is 33.1 Å². The van der Waals surface area contributed by atoms with Gasteiger partial charge in [-0.15, -0.1) is 11.3 Å². The Labute approximate surface area is 135 Å². The van der Waals surface area contributed by atoms with Crippen LogP contribution in [-0.4, -0.2) is 47.0 Å². The van der Waals surface area contributed by atoms with Gasteiger partial charge in [-0.2, -0.15) is 0 Å². The summed E-state index contributed by atoms with van der Waals surface area (Å²) in [4.78, 5) is 30.3. The molecular formula is C15H24N4O2S. The fraction of sp³-hybridized carbons (Fsp3) is 0.667. The Kier molecular flexibility index (Phi) is 5.39. The first kappa shape index (κ1) is 16.7. The molecule has 2 N–H and O–H groups in total. The van der Waals surface area contributed by atoms with Gasteiger partial charge in [0.2, 0.25) is 5.91 Å². The molecule has 1 aliphatic heterocycles. The van der Waals surface area contributed by atoms with Crippen molar-refractivity contribution in [1.82, 2.24) is 20.5 Å². The number of aryl methyl sites for hydroxylation is 1. The number of hydrogen-bond acceptors (Lipinski definition) is 4. The molecule has 0 unspecified atom stereocenters. The summed E-state index contributed by atoms with van der Waals surface area (Å²) in [5, 5.41) is 8.61. The number of carbonyl (C=O) groups is 2. The van der Waals surface area contributed by atoms with E-state index in [1.165, 1.54) is 0 Å². The van der Waals surface area contributed by atoms with Gasteiger partial charge in [0, 0.05) is 36.1 Å². The number of likely N-dealkylation sites (tertiary alicyclic amines) is 1. The lowest BCUT2D eigenvalue weighted by Crippen LogP contribution is -2.47. The average Bonchev–Trinajstić information content (AvgIpc) is 3.03. The first-order valence-electron chi connectivity index (χ1n) is 7.65. The third-order valence-electron chi connectivity index (χ3n) is 3.80. The zero-order valence-corrected chi connectivity index (χ0v) is 14.4. The second-order valence-corrected chi connectivity index (χ2v) is 6.94. The molecule has 1 aromatic rings. The summed E-state index contributed by atoms with van der Waals surface area (Å²) in [5.41, 5.74) is 1.00. The molecule has 1 aliphatic rings. The van der Waals surface area contributed by atoms with E-state index < -0.39 is 6.04 Å². The molecule has 1 fully saturated rings. The summed E-state index contributed by atoms with van der Waals surface area (Å²) in [6, 6.07) is -0.514. The van der Waals surface area contributed by atoms with Crippen LogP contribution in [0.2, 0.25) is 0 Å². The predicted molar refractivity (Wildman–Crippen MR) is 87.1 cm³/mol. The highest BCUT2D eigenvalue weighted by Gasteiger charge is 2.33. The Bertz CT molecular complexity index is 543. The van der Waals surface area contributed by atoms with Gasteiger partial charge in [-0.05, 0) is 27.2 Å². The molecule has 1 saturated heterocycles. The Morgan fingerprint density at radius 2 is 2.23 bits per heavy atom. The minimum Gasteiger partial charge on any atom is -0.338 e. The first-order chi connectivity index (χ1) is 10.4. The van der Waals surface area contributed by atoms with Crippen LogP contribution in [0.5, 0.6) is 0 Å². The van der Waals surface area contributed by atoms with Crippen molar-refractivity contribution in [2.24, 2.45) is 0 Å². The van der Waals surface area contributed by atoms with Crippen molar-refractivity contribution < 1.29 is 9.59 Å². The molecular weight excluding hydrogens is 300 g/mol. The Balaban J connectivity index is 1.78. The van der Waals surface area contributed by atoms with Gasteiger partial charge in [0.1, 0.15) is 6.04 Å². The van der Waals surface area contributed by atoms with Crippen molar-refractivity contribution in [3.63, 3.8) is 0 Å². The lowest BCUT2D eigenvalue weighted by Gasteiger charge is -2.21. The molecule has 2 atom stereocenters. The van der Waals surface area contributed by atoms with Gasteiger partial charge in [0.05, 0.1) is 5.01 Å². The van der Waals surface area contributed by atoms with Gasteiger partial charge in [0.25, 0.3) is 0 Å². The zero-order valence-electron chi connectivity index (χ0n) is 13.5. The van der Waals surface area contributed by atoms with Crippen molar-refractivity contribution >= 4 is 23.3 Å². The number of hydrogen-bond donors (Lipinski definition) is 2. The molecule has 0 aromatic carbocycles. The standard InChI is InChI=1S/C15H24N4O2S/c1-9(2)19-6-5-12(14(19)20)18-15(21)16-7-10(3)13-17-11(4)8-22-13/h8-10,12H,5-7H2,1-4H3,(H2,16,18,21)/t10-,12+/m1/s1. The summed E-state index contributed by atoms with van der Waals surface area (Å²) < 4.78 is 0. The van der Waals surface area contributed by atoms with Crippen LogP contribution >= 0.6 is 11.3 Å². The first-order valence-corrected chi connectivity index (χ1v) is 8.53. The van der Waals surface area contributed by atoms with Gasteiger partial charge in [0.15, 0.2) is 0 Å². The maximum atomic E-state index is 12.1. The number of urea groups is 1. The van der Waals surface area contributed by atoms with Crippen LogP contribution in [0.4, 0.5) is 4.79 Å². The SMILES string of the molecule is Cc1csc([C@H](C)CNC(=O)N[C@H]2CCN(C(C)C)C2=O)n1. The number of aromatic nitrogens is 1. The Hall–Kier alpha value is -1.63. The van der Waals surface area contributed by atoms with Crippen LogP contribution in [0.3, 0.4) is 0 Å². The van der Waals surface area contributed by atoms with Gasteiger partial charge in [-0.1, -0.05) is 6.92 Å². The van der Waals surface area contributed by atoms with Crippen molar-refractivity contribution in [3.8, 4) is 0 Å². The molecule has 0 spiro atoms. The zero-order chi connectivity index (χ0) is 16.3. The second kappa shape index (κ2) is 7.09. The second-order valence-electron chi connectivity index (χ2n) is 6.05. The van der Waals surface area contributed by atoms with Crippen LogP contribution in [0.1, 0.15) is 43.8 Å². The largest absolute Gasteiger partial charge is 0.338 e. The van der Waals surface area contributed by atoms with E-state index in [4.69, 9.17) is 0 Å². The van der Waals surface area contributed by atoms with Crippen molar-refractivity contribution in [1.29, 1.82) is 0 Å². The highest BCUT2D eigenvalue weighted by Crippen LogP contribution is 2.19. The fourth-order valence-corrected chi connectivity index (χ4v) is 3.35. The van der Waals surface area contributed by atoms with E-state index in [1.54, 1.807) is 16.2 Å². The molecule has 7 heteroatoms. The Morgan fingerprint density at radius 1 is 1.50 bits per heavy atom. The molecule has 0 aliphatic carbocycles. The van der Waals surface area contributed by atoms with Crippen molar-refractivity contribution in [2.75, 3.05) is 13.1 Å². The van der Waals surface area contributed by atoms with E-state index in [0.717, 1.165) is 10.7 Å². The monoisotopic (exact) mass is 324 g/mol. The minimum atomic E-state index is -0.403. The summed E-state index contributed by atoms with van der Waals surface area (Å²) in [7, 11) is 0. The maximum absolute atomic E-state index is 12.1. The molecule has 3 amide bonds. The average molecular weight is 324 g/mol. The molecule has 6 nitrogen and oxygen atoms in total. The van der Waals surface area contributed by atoms with Crippen LogP contribution in [-0.2, 0) is 4.79 Å². The number of rotatable bonds is 5. The summed E-state index contributed by atoms with van der Waals surface area (Å²) in [5.74, 6) is 0.171. The van der Waals surface area contributed by atoms with Gasteiger partial charge < -0.3 is 15.5 Å². The Morgan fingerprint density at radius 3 is 2.77 bits per heavy atom. The highest BCUT2D eigenvalue weighted by atomic mass is 32.1. The lowest BCUT2D eigenvalue weighted by atomic mass is 10.2. The molecule has 122 valence electrons. The predicted octanol–water partition coefficient (Wildman–Crippen LogP) is 1.86. The van der Waals surface area contributed by atoms with Crippen molar-refractivity contribution in [2.45, 2.75) is 52.1 Å². The number of amides is 3. The van der Waals surface area contributed by atoms with Gasteiger partial charge in [-0.25, -0.2) is 9.78 Å². The maximum Gasteiger partial charge on any atom is 0.315 e. The van der Waals surface area contributed by atoms with Gasteiger partial charge >= 0.3 is 6.03 Å². The van der Waals surface area contributed by atoms with E-state index in [2.05, 4.69) is 15.6 Å². The molecule has 2 heterocycles. The highest BCUT2D eigenvalue weighted by molar-refractivity contribution is 7.09. The topological polar surface area (TPSA) is 74.3 Å². The summed E-state index contributed by atoms with van der Waals surface area (Å²) >= 11 is 1.60. The summed E-state index contributed by atoms with van der Waals surface area (Å²) in [6.45, 7) is 9.17. The van der Waals surface area contributed by atoms with E-state index in [9.17, 15) is 9.59 Å². The molecule has 22 heavy (non-hydrogen) atoms. The van der Waals surface area contributed by atoms with Crippen LogP contribution < -0.4 is 10.6 Å². The quantitative estimate of drug-likeness (QED) is 0.868. The van der Waals surface area contributed by atoms with Crippen molar-refractivity contribution in [3.05, 3.63) is 16.1 Å². The van der Waals surface area contributed by atoms with E-state index >= 15 is 0 Å². The van der Waals surface area contributed by atoms with Crippen LogP contribution in [0, 0.1) is 6.92 Å². The summed E-state index contributed by atoms with van der Waals surface area (Å²) in [6.07, 6.45) is 0.672. The number of nitrogens with one attached hydrogen (secondary N) is 2. The molecule has 1 aromatic heterocycles. The third-order valence-corrected chi connectivity index (χ3v) is 4.99. The molecule has 0 radical (unpaired) electrons. The number of thiazole rings is 1. The van der Waals surface area contributed by atoms with E-state index in [0.29, 0.717) is 19.5 Å². The minimum absolute atomic E-state index is 0.00810. The third kappa shape index (κ3) is 3.97. The lowest BCUT2D eigenvalue weighted by molar-refractivity contribution is -0.130. The number of carbonyl (C=O) groups excluding carboxylic acids is 2. The van der Waals surface area contributed by atoms with Crippen LogP contribution in [0.15, 0.2) is 5.38 Å². The number of nitrogens with zero attached hydrogens (tertiary/aromatic N) is 2. The molecule has 2 rings (SSSR count). The van der Waals surface area contributed by atoms with Gasteiger partial charge in [-0.3, -0.25) is 4.79 Å². The molecule has 0 bridgehead atoms. The smallest absolute Gasteiger partial charge is 0.315 e. The van der Waals surface area contributed by atoms with E-state index in [-0.39, 0.29) is 23.9 Å². The van der Waals surface area contributed by atoms with Crippen LogP contribution in [0.25, 0.3) is 0 Å². The molecule has 0 saturated carbocycles. The fourth-order valence-electron chi connectivity index (χ4n) is 2.49.